The molecule has 0 radical (unpaired) electrons. The molecule has 0 unspecified atom stereocenters. The maximum atomic E-state index is 9.08. The summed E-state index contributed by atoms with van der Waals surface area (Å²) in [4.78, 5) is 4.29. The Kier molecular flexibility index (Phi) is 2.51. The molecular weight excluding hydrogens is 246 g/mol. The van der Waals surface area contributed by atoms with Crippen molar-refractivity contribution in [1.29, 1.82) is 5.26 Å². The zero-order valence-electron chi connectivity index (χ0n) is 9.34. The Balaban J connectivity index is 2.34. The Morgan fingerprint density at radius 2 is 2.11 bits per heavy atom. The van der Waals surface area contributed by atoms with Crippen molar-refractivity contribution in [2.24, 2.45) is 0 Å². The normalized spacial score (nSPS) is 10.4. The second-order valence-corrected chi connectivity index (χ2v) is 4.30. The Hall–Kier alpha value is -2.31. The van der Waals surface area contributed by atoms with Crippen LogP contribution in [-0.2, 0) is 0 Å². The van der Waals surface area contributed by atoms with Crippen LogP contribution in [0.3, 0.4) is 0 Å². The summed E-state index contributed by atoms with van der Waals surface area (Å²) in [5.74, 6) is 0. The number of hydrogen-bond donors (Lipinski definition) is 0. The van der Waals surface area contributed by atoms with E-state index in [1.807, 2.05) is 41.1 Å². The van der Waals surface area contributed by atoms with Crippen LogP contribution >= 0.6 is 11.6 Å². The van der Waals surface area contributed by atoms with Gasteiger partial charge in [0.2, 0.25) is 0 Å². The summed E-state index contributed by atoms with van der Waals surface area (Å²) in [6.07, 6.45) is 3.58. The molecule has 0 amide bonds. The first-order valence-corrected chi connectivity index (χ1v) is 5.79. The van der Waals surface area contributed by atoms with Crippen LogP contribution in [0.2, 0.25) is 5.02 Å². The average molecular weight is 254 g/mol. The van der Waals surface area contributed by atoms with E-state index in [1.54, 1.807) is 12.3 Å². The lowest BCUT2D eigenvalue weighted by Crippen LogP contribution is -1.97. The van der Waals surface area contributed by atoms with E-state index in [9.17, 15) is 0 Å². The first kappa shape index (κ1) is 10.8. The highest BCUT2D eigenvalue weighted by Crippen LogP contribution is 2.24. The lowest BCUT2D eigenvalue weighted by Gasteiger charge is -2.08. The third-order valence-corrected chi connectivity index (χ3v) is 3.04. The topological polar surface area (TPSA) is 41.6 Å². The van der Waals surface area contributed by atoms with E-state index >= 15 is 0 Å². The molecule has 0 spiro atoms. The van der Waals surface area contributed by atoms with E-state index in [1.165, 1.54) is 0 Å². The van der Waals surface area contributed by atoms with Gasteiger partial charge in [-0.05, 0) is 36.4 Å². The van der Waals surface area contributed by atoms with Crippen LogP contribution in [0.1, 0.15) is 5.69 Å². The van der Waals surface area contributed by atoms with Gasteiger partial charge < -0.3 is 4.57 Å². The first-order valence-electron chi connectivity index (χ1n) is 5.42. The van der Waals surface area contributed by atoms with Crippen LogP contribution < -0.4 is 0 Å². The van der Waals surface area contributed by atoms with E-state index in [0.717, 1.165) is 16.6 Å². The van der Waals surface area contributed by atoms with E-state index < -0.39 is 0 Å². The van der Waals surface area contributed by atoms with Crippen molar-refractivity contribution in [3.63, 3.8) is 0 Å². The Morgan fingerprint density at radius 1 is 1.22 bits per heavy atom. The van der Waals surface area contributed by atoms with E-state index in [4.69, 9.17) is 16.9 Å². The van der Waals surface area contributed by atoms with Crippen LogP contribution in [-0.4, -0.2) is 9.55 Å². The Labute approximate surface area is 109 Å². The highest BCUT2D eigenvalue weighted by molar-refractivity contribution is 6.31. The lowest BCUT2D eigenvalue weighted by atomic mass is 10.2. The van der Waals surface area contributed by atoms with Crippen LogP contribution in [0.25, 0.3) is 16.6 Å². The summed E-state index contributed by atoms with van der Waals surface area (Å²) in [5, 5.41) is 10.7. The Morgan fingerprint density at radius 3 is 2.94 bits per heavy atom. The largest absolute Gasteiger partial charge is 0.308 e. The third-order valence-electron chi connectivity index (χ3n) is 2.80. The number of halogens is 1. The van der Waals surface area contributed by atoms with Crippen LogP contribution in [0.15, 0.2) is 48.8 Å². The molecule has 18 heavy (non-hydrogen) atoms. The number of pyridine rings is 1. The molecule has 0 bridgehead atoms. The van der Waals surface area contributed by atoms with Crippen molar-refractivity contribution in [2.45, 2.75) is 0 Å². The first-order chi connectivity index (χ1) is 8.79. The van der Waals surface area contributed by atoms with Gasteiger partial charge in [0.1, 0.15) is 11.8 Å². The SMILES string of the molecule is N#Cc1cccn1-c1ccnc2cc(Cl)ccc12. The van der Waals surface area contributed by atoms with Gasteiger partial charge in [-0.25, -0.2) is 0 Å². The van der Waals surface area contributed by atoms with Gasteiger partial charge in [-0.1, -0.05) is 11.6 Å². The fourth-order valence-electron chi connectivity index (χ4n) is 2.00. The molecule has 0 N–H and O–H groups in total. The Bertz CT molecular complexity index is 768. The van der Waals surface area contributed by atoms with Gasteiger partial charge in [0.05, 0.1) is 11.2 Å². The summed E-state index contributed by atoms with van der Waals surface area (Å²) in [7, 11) is 0. The zero-order chi connectivity index (χ0) is 12.5. The minimum Gasteiger partial charge on any atom is -0.308 e. The maximum Gasteiger partial charge on any atom is 0.124 e. The smallest absolute Gasteiger partial charge is 0.124 e. The minimum atomic E-state index is 0.595. The van der Waals surface area contributed by atoms with Crippen molar-refractivity contribution >= 4 is 22.5 Å². The van der Waals surface area contributed by atoms with Crippen molar-refractivity contribution in [3.8, 4) is 11.8 Å². The predicted octanol–water partition coefficient (Wildman–Crippen LogP) is 3.55. The lowest BCUT2D eigenvalue weighted by molar-refractivity contribution is 1.06. The van der Waals surface area contributed by atoms with E-state index in [2.05, 4.69) is 11.1 Å². The number of benzene rings is 1. The van der Waals surface area contributed by atoms with Crippen molar-refractivity contribution < 1.29 is 0 Å². The maximum absolute atomic E-state index is 9.08. The predicted molar refractivity (Wildman–Crippen MR) is 70.8 cm³/mol. The summed E-state index contributed by atoms with van der Waals surface area (Å²) < 4.78 is 1.85. The molecule has 1 aromatic carbocycles. The molecule has 0 saturated heterocycles. The van der Waals surface area contributed by atoms with Gasteiger partial charge in [-0.2, -0.15) is 5.26 Å². The molecule has 3 aromatic rings. The van der Waals surface area contributed by atoms with Crippen LogP contribution in [0.5, 0.6) is 0 Å². The molecule has 0 saturated carbocycles. The molecule has 0 fully saturated rings. The number of nitrogens with zero attached hydrogens (tertiary/aromatic N) is 3. The second-order valence-electron chi connectivity index (χ2n) is 3.87. The van der Waals surface area contributed by atoms with Crippen LogP contribution in [0.4, 0.5) is 0 Å². The number of fused-ring (bicyclic) bond motifs is 1. The van der Waals surface area contributed by atoms with Crippen LogP contribution in [0, 0.1) is 11.3 Å². The quantitative estimate of drug-likeness (QED) is 0.665. The molecule has 2 aromatic heterocycles. The highest BCUT2D eigenvalue weighted by atomic mass is 35.5. The van der Waals surface area contributed by atoms with E-state index in [-0.39, 0.29) is 0 Å². The van der Waals surface area contributed by atoms with Gasteiger partial charge in [0, 0.05) is 22.8 Å². The minimum absolute atomic E-state index is 0.595. The molecule has 0 aliphatic heterocycles. The van der Waals surface area contributed by atoms with Gasteiger partial charge in [0.25, 0.3) is 0 Å². The summed E-state index contributed by atoms with van der Waals surface area (Å²) in [6, 6.07) is 13.2. The van der Waals surface area contributed by atoms with Gasteiger partial charge in [0.15, 0.2) is 0 Å². The number of aromatic nitrogens is 2. The molecule has 0 aliphatic carbocycles. The summed E-state index contributed by atoms with van der Waals surface area (Å²) in [6.45, 7) is 0. The second kappa shape index (κ2) is 4.17. The molecule has 3 rings (SSSR count). The molecule has 0 atom stereocenters. The van der Waals surface area contributed by atoms with Crippen molar-refractivity contribution in [1.82, 2.24) is 9.55 Å². The molecular formula is C14H8ClN3. The molecule has 0 aliphatic rings. The molecule has 4 heteroatoms. The van der Waals surface area contributed by atoms with Gasteiger partial charge in [-0.3, -0.25) is 4.98 Å². The highest BCUT2D eigenvalue weighted by Gasteiger charge is 2.07. The van der Waals surface area contributed by atoms with Crippen molar-refractivity contribution in [2.75, 3.05) is 0 Å². The number of hydrogen-bond acceptors (Lipinski definition) is 2. The average Bonchev–Trinajstić information content (AvgIpc) is 2.85. The third kappa shape index (κ3) is 1.64. The molecule has 86 valence electrons. The number of nitriles is 1. The molecule has 3 nitrogen and oxygen atoms in total. The monoisotopic (exact) mass is 253 g/mol. The van der Waals surface area contributed by atoms with Gasteiger partial charge in [-0.15, -0.1) is 0 Å². The number of rotatable bonds is 1. The fourth-order valence-corrected chi connectivity index (χ4v) is 2.16. The fraction of sp³-hybridized carbons (Fsp3) is 0. The zero-order valence-corrected chi connectivity index (χ0v) is 10.1. The van der Waals surface area contributed by atoms with Gasteiger partial charge >= 0.3 is 0 Å². The molecule has 2 heterocycles. The standard InChI is InChI=1S/C14H8ClN3/c15-10-3-4-12-13(8-10)17-6-5-14(12)18-7-1-2-11(18)9-16/h1-8H. The van der Waals surface area contributed by atoms with Crippen molar-refractivity contribution in [3.05, 3.63) is 59.5 Å². The summed E-state index contributed by atoms with van der Waals surface area (Å²) in [5.41, 5.74) is 2.34. The summed E-state index contributed by atoms with van der Waals surface area (Å²) >= 11 is 5.96. The van der Waals surface area contributed by atoms with E-state index in [0.29, 0.717) is 10.7 Å².